The van der Waals surface area contributed by atoms with Crippen LogP contribution in [0.5, 0.6) is 17.2 Å². The number of carbonyl (C=O) groups excluding carboxylic acids is 1. The molecule has 31 heavy (non-hydrogen) atoms. The number of hydrogen-bond acceptors (Lipinski definition) is 6. The molecule has 1 amide bonds. The van der Waals surface area contributed by atoms with E-state index in [9.17, 15) is 9.18 Å². The molecule has 1 N–H and O–H groups in total. The lowest BCUT2D eigenvalue weighted by molar-refractivity contribution is -0.203. The van der Waals surface area contributed by atoms with E-state index < -0.39 is 12.4 Å². The zero-order valence-corrected chi connectivity index (χ0v) is 17.2. The Hall–Kier alpha value is -2.84. The molecule has 4 rings (SSSR count). The second-order valence-electron chi connectivity index (χ2n) is 7.45. The third kappa shape index (κ3) is 6.08. The topological polar surface area (TPSA) is 75.3 Å². The summed E-state index contributed by atoms with van der Waals surface area (Å²) < 4.78 is 35.5. The molecule has 0 saturated carbocycles. The molecule has 1 fully saturated rings. The predicted molar refractivity (Wildman–Crippen MR) is 109 cm³/mol. The van der Waals surface area contributed by atoms with E-state index in [4.69, 9.17) is 23.8 Å². The molecule has 0 aromatic heterocycles. The standard InChI is InChI=1S/C23H26FNO6/c24-17-6-9-18(10-7-17)27-13-14-28-19-8-4-16-5-11-20(30-21(16)15-19)23(26)25-31-22-3-1-2-12-29-22/h4,6-10,15,20,22H,1-3,5,11-14H2,(H,25,26). The van der Waals surface area contributed by atoms with Gasteiger partial charge >= 0.3 is 0 Å². The summed E-state index contributed by atoms with van der Waals surface area (Å²) in [4.78, 5) is 17.8. The first-order valence-electron chi connectivity index (χ1n) is 10.6. The van der Waals surface area contributed by atoms with E-state index in [2.05, 4.69) is 5.48 Å². The summed E-state index contributed by atoms with van der Waals surface area (Å²) in [6.45, 7) is 1.27. The molecule has 8 heteroatoms. The van der Waals surface area contributed by atoms with Crippen LogP contribution in [0.2, 0.25) is 0 Å². The summed E-state index contributed by atoms with van der Waals surface area (Å²) in [5, 5.41) is 0. The molecule has 0 radical (unpaired) electrons. The number of carbonyl (C=O) groups is 1. The highest BCUT2D eigenvalue weighted by Crippen LogP contribution is 2.31. The first-order chi connectivity index (χ1) is 15.2. The van der Waals surface area contributed by atoms with Crippen molar-refractivity contribution in [3.63, 3.8) is 0 Å². The van der Waals surface area contributed by atoms with Crippen LogP contribution in [0.25, 0.3) is 0 Å². The smallest absolute Gasteiger partial charge is 0.284 e. The fourth-order valence-electron chi connectivity index (χ4n) is 3.47. The van der Waals surface area contributed by atoms with E-state index in [0.717, 1.165) is 31.2 Å². The number of fused-ring (bicyclic) bond motifs is 1. The minimum Gasteiger partial charge on any atom is -0.490 e. The van der Waals surface area contributed by atoms with Crippen LogP contribution >= 0.6 is 0 Å². The number of ether oxygens (including phenoxy) is 4. The lowest BCUT2D eigenvalue weighted by Crippen LogP contribution is -2.42. The van der Waals surface area contributed by atoms with Gasteiger partial charge < -0.3 is 18.9 Å². The van der Waals surface area contributed by atoms with Crippen molar-refractivity contribution in [2.75, 3.05) is 19.8 Å². The van der Waals surface area contributed by atoms with Crippen LogP contribution in [0.1, 0.15) is 31.2 Å². The Labute approximate surface area is 180 Å². The van der Waals surface area contributed by atoms with E-state index in [1.807, 2.05) is 12.1 Å². The molecule has 0 spiro atoms. The monoisotopic (exact) mass is 431 g/mol. The zero-order chi connectivity index (χ0) is 21.5. The Kier molecular flexibility index (Phi) is 7.22. The van der Waals surface area contributed by atoms with Gasteiger partial charge in [0.05, 0.1) is 0 Å². The van der Waals surface area contributed by atoms with E-state index in [0.29, 0.717) is 43.5 Å². The van der Waals surface area contributed by atoms with Crippen molar-refractivity contribution in [3.8, 4) is 17.2 Å². The van der Waals surface area contributed by atoms with Gasteiger partial charge in [-0.3, -0.25) is 4.79 Å². The van der Waals surface area contributed by atoms with Crippen LogP contribution < -0.4 is 19.7 Å². The fourth-order valence-corrected chi connectivity index (χ4v) is 3.47. The van der Waals surface area contributed by atoms with Crippen molar-refractivity contribution in [2.24, 2.45) is 0 Å². The summed E-state index contributed by atoms with van der Waals surface area (Å²) >= 11 is 0. The van der Waals surface area contributed by atoms with Gasteiger partial charge in [-0.05, 0) is 61.6 Å². The maximum Gasteiger partial charge on any atom is 0.284 e. The summed E-state index contributed by atoms with van der Waals surface area (Å²) in [6.07, 6.45) is 3.06. The Balaban J connectivity index is 1.24. The molecule has 166 valence electrons. The van der Waals surface area contributed by atoms with Crippen molar-refractivity contribution < 1.29 is 33.0 Å². The van der Waals surface area contributed by atoms with Crippen molar-refractivity contribution in [1.29, 1.82) is 0 Å². The van der Waals surface area contributed by atoms with Crippen molar-refractivity contribution in [3.05, 3.63) is 53.8 Å². The number of rotatable bonds is 8. The van der Waals surface area contributed by atoms with E-state index in [1.165, 1.54) is 12.1 Å². The molecule has 2 aliphatic heterocycles. The number of amides is 1. The largest absolute Gasteiger partial charge is 0.490 e. The number of hydrogen-bond donors (Lipinski definition) is 1. The van der Waals surface area contributed by atoms with Crippen LogP contribution in [0.15, 0.2) is 42.5 Å². The van der Waals surface area contributed by atoms with Crippen molar-refractivity contribution >= 4 is 5.91 Å². The Morgan fingerprint density at radius 2 is 1.81 bits per heavy atom. The molecule has 2 atom stereocenters. The molecule has 7 nitrogen and oxygen atoms in total. The molecule has 0 bridgehead atoms. The Bertz CT molecular complexity index is 869. The number of nitrogens with one attached hydrogen (secondary N) is 1. The van der Waals surface area contributed by atoms with Crippen LogP contribution in [0.3, 0.4) is 0 Å². The van der Waals surface area contributed by atoms with Gasteiger partial charge in [0.2, 0.25) is 0 Å². The molecule has 2 aromatic rings. The highest BCUT2D eigenvalue weighted by atomic mass is 19.1. The average molecular weight is 431 g/mol. The van der Waals surface area contributed by atoms with Gasteiger partial charge in [-0.2, -0.15) is 0 Å². The third-order valence-corrected chi connectivity index (χ3v) is 5.14. The van der Waals surface area contributed by atoms with Gasteiger partial charge in [0, 0.05) is 19.1 Å². The highest BCUT2D eigenvalue weighted by molar-refractivity contribution is 5.80. The maximum atomic E-state index is 12.9. The van der Waals surface area contributed by atoms with Crippen molar-refractivity contribution in [1.82, 2.24) is 5.48 Å². The fraction of sp³-hybridized carbons (Fsp3) is 0.435. The predicted octanol–water partition coefficient (Wildman–Crippen LogP) is 3.55. The van der Waals surface area contributed by atoms with Gasteiger partial charge in [0.15, 0.2) is 12.4 Å². The lowest BCUT2D eigenvalue weighted by Gasteiger charge is -2.27. The average Bonchev–Trinajstić information content (AvgIpc) is 2.81. The first kappa shape index (κ1) is 21.4. The van der Waals surface area contributed by atoms with Gasteiger partial charge in [0.25, 0.3) is 5.91 Å². The molecular weight excluding hydrogens is 405 g/mol. The maximum absolute atomic E-state index is 12.9. The summed E-state index contributed by atoms with van der Waals surface area (Å²) in [5.41, 5.74) is 3.49. The summed E-state index contributed by atoms with van der Waals surface area (Å²) in [5.74, 6) is 1.19. The summed E-state index contributed by atoms with van der Waals surface area (Å²) in [7, 11) is 0. The van der Waals surface area contributed by atoms with Crippen LogP contribution in [0.4, 0.5) is 4.39 Å². The molecule has 2 unspecified atom stereocenters. The third-order valence-electron chi connectivity index (χ3n) is 5.14. The SMILES string of the molecule is O=C(NOC1CCCCO1)C1CCc2ccc(OCCOc3ccc(F)cc3)cc2O1. The molecular formula is C23H26FNO6. The number of hydroxylamine groups is 1. The van der Waals surface area contributed by atoms with Crippen molar-refractivity contribution in [2.45, 2.75) is 44.5 Å². The van der Waals surface area contributed by atoms with E-state index in [-0.39, 0.29) is 11.7 Å². The molecule has 2 aliphatic rings. The van der Waals surface area contributed by atoms with E-state index >= 15 is 0 Å². The number of benzene rings is 2. The van der Waals surface area contributed by atoms with Gasteiger partial charge in [0.1, 0.15) is 36.3 Å². The quantitative estimate of drug-likeness (QED) is 0.509. The van der Waals surface area contributed by atoms with Crippen LogP contribution in [0, 0.1) is 5.82 Å². The van der Waals surface area contributed by atoms with Gasteiger partial charge in [-0.1, -0.05) is 6.07 Å². The minimum absolute atomic E-state index is 0.307. The summed E-state index contributed by atoms with van der Waals surface area (Å²) in [6, 6.07) is 11.4. The Morgan fingerprint density at radius 3 is 2.58 bits per heavy atom. The lowest BCUT2D eigenvalue weighted by atomic mass is 10.0. The normalized spacial score (nSPS) is 20.3. The van der Waals surface area contributed by atoms with E-state index in [1.54, 1.807) is 18.2 Å². The van der Waals surface area contributed by atoms with Gasteiger partial charge in [-0.15, -0.1) is 0 Å². The highest BCUT2D eigenvalue weighted by Gasteiger charge is 2.27. The molecule has 1 saturated heterocycles. The van der Waals surface area contributed by atoms with Crippen LogP contribution in [-0.4, -0.2) is 38.1 Å². The minimum atomic E-state index is -0.631. The molecule has 2 aromatic carbocycles. The second-order valence-corrected chi connectivity index (χ2v) is 7.45. The Morgan fingerprint density at radius 1 is 1.03 bits per heavy atom. The zero-order valence-electron chi connectivity index (χ0n) is 17.2. The molecule has 0 aliphatic carbocycles. The van der Waals surface area contributed by atoms with Crippen LogP contribution in [-0.2, 0) is 20.8 Å². The molecule has 2 heterocycles. The first-order valence-corrected chi connectivity index (χ1v) is 10.6. The number of aryl methyl sites for hydroxylation is 1. The number of halogens is 1. The second kappa shape index (κ2) is 10.5. The van der Waals surface area contributed by atoms with Gasteiger partial charge in [-0.25, -0.2) is 14.7 Å².